The number of aromatic nitrogens is 2. The van der Waals surface area contributed by atoms with Crippen LogP contribution in [0.2, 0.25) is 0 Å². The fourth-order valence-corrected chi connectivity index (χ4v) is 1.53. The van der Waals surface area contributed by atoms with Gasteiger partial charge in [-0.3, -0.25) is 4.79 Å². The van der Waals surface area contributed by atoms with Crippen LogP contribution in [0.1, 0.15) is 17.3 Å². The van der Waals surface area contributed by atoms with Gasteiger partial charge in [0.1, 0.15) is 11.4 Å². The number of hydrogen-bond donors (Lipinski definition) is 1. The zero-order valence-corrected chi connectivity index (χ0v) is 10.1. The average Bonchev–Trinajstić information content (AvgIpc) is 2.40. The maximum atomic E-state index is 12.8. The topological polar surface area (TPSA) is 72.0 Å². The molecule has 0 amide bonds. The van der Waals surface area contributed by atoms with Crippen molar-refractivity contribution in [2.75, 3.05) is 6.61 Å². The van der Waals surface area contributed by atoms with Gasteiger partial charge in [-0.2, -0.15) is 5.10 Å². The van der Waals surface area contributed by atoms with E-state index in [1.807, 2.05) is 0 Å². The summed E-state index contributed by atoms with van der Waals surface area (Å²) in [7, 11) is 0. The Hall–Kier alpha value is -2.50. The Labute approximate surface area is 108 Å². The number of nitrogens with zero attached hydrogens (tertiary/aromatic N) is 1. The van der Waals surface area contributed by atoms with Gasteiger partial charge >= 0.3 is 5.97 Å². The highest BCUT2D eigenvalue weighted by atomic mass is 19.1. The molecule has 1 heterocycles. The fourth-order valence-electron chi connectivity index (χ4n) is 1.53. The van der Waals surface area contributed by atoms with Crippen LogP contribution in [-0.2, 0) is 4.74 Å². The van der Waals surface area contributed by atoms with Crippen molar-refractivity contribution in [1.29, 1.82) is 0 Å². The molecule has 0 atom stereocenters. The lowest BCUT2D eigenvalue weighted by Crippen LogP contribution is -2.21. The first-order valence-electron chi connectivity index (χ1n) is 5.64. The van der Waals surface area contributed by atoms with Gasteiger partial charge in [-0.15, -0.1) is 0 Å². The number of carbonyl (C=O) groups is 1. The van der Waals surface area contributed by atoms with Crippen LogP contribution in [0.25, 0.3) is 11.3 Å². The predicted molar refractivity (Wildman–Crippen MR) is 66.2 cm³/mol. The number of hydrogen-bond acceptors (Lipinski definition) is 4. The van der Waals surface area contributed by atoms with E-state index in [0.29, 0.717) is 11.3 Å². The van der Waals surface area contributed by atoms with Crippen LogP contribution in [0.4, 0.5) is 4.39 Å². The standard InChI is InChI=1S/C13H11FN2O3/c1-2-19-13(18)10-7-11(15-16-12(10)17)8-3-5-9(14)6-4-8/h3-7H,2H2,1H3,(H,16,17). The molecule has 2 aromatic rings. The number of benzene rings is 1. The predicted octanol–water partition coefficient (Wildman–Crippen LogP) is 1.75. The van der Waals surface area contributed by atoms with Crippen molar-refractivity contribution in [3.05, 3.63) is 52.1 Å². The highest BCUT2D eigenvalue weighted by Crippen LogP contribution is 2.16. The molecule has 0 radical (unpaired) electrons. The molecule has 0 spiro atoms. The summed E-state index contributed by atoms with van der Waals surface area (Å²) in [5.41, 5.74) is 0.200. The molecule has 0 bridgehead atoms. The first-order chi connectivity index (χ1) is 9.11. The van der Waals surface area contributed by atoms with Crippen LogP contribution < -0.4 is 5.56 Å². The number of halogens is 1. The van der Waals surface area contributed by atoms with Crippen LogP contribution in [-0.4, -0.2) is 22.8 Å². The van der Waals surface area contributed by atoms with Crippen LogP contribution in [0.3, 0.4) is 0 Å². The molecule has 6 heteroatoms. The van der Waals surface area contributed by atoms with Crippen molar-refractivity contribution in [2.24, 2.45) is 0 Å². The Bertz CT molecular complexity index is 650. The van der Waals surface area contributed by atoms with Crippen molar-refractivity contribution in [1.82, 2.24) is 10.2 Å². The molecule has 0 unspecified atom stereocenters. The van der Waals surface area contributed by atoms with Gasteiger partial charge in [0.15, 0.2) is 0 Å². The lowest BCUT2D eigenvalue weighted by atomic mass is 10.1. The fraction of sp³-hybridized carbons (Fsp3) is 0.154. The van der Waals surface area contributed by atoms with Gasteiger partial charge in [0.2, 0.25) is 0 Å². The van der Waals surface area contributed by atoms with Crippen molar-refractivity contribution >= 4 is 5.97 Å². The quantitative estimate of drug-likeness (QED) is 0.855. The molecule has 98 valence electrons. The van der Waals surface area contributed by atoms with Gasteiger partial charge in [0.05, 0.1) is 12.3 Å². The Morgan fingerprint density at radius 2 is 2.05 bits per heavy atom. The number of ether oxygens (including phenoxy) is 1. The molecule has 0 fully saturated rings. The van der Waals surface area contributed by atoms with Crippen LogP contribution in [0, 0.1) is 5.82 Å². The minimum atomic E-state index is -0.713. The van der Waals surface area contributed by atoms with E-state index in [9.17, 15) is 14.0 Å². The minimum absolute atomic E-state index is 0.129. The molecule has 2 rings (SSSR count). The Kier molecular flexibility index (Phi) is 3.70. The maximum Gasteiger partial charge on any atom is 0.343 e. The zero-order valence-electron chi connectivity index (χ0n) is 10.1. The number of rotatable bonds is 3. The van der Waals surface area contributed by atoms with Crippen molar-refractivity contribution in [2.45, 2.75) is 6.92 Å². The molecule has 19 heavy (non-hydrogen) atoms. The van der Waals surface area contributed by atoms with Gasteiger partial charge in [-0.25, -0.2) is 14.3 Å². The second-order valence-electron chi connectivity index (χ2n) is 3.72. The van der Waals surface area contributed by atoms with E-state index in [1.54, 1.807) is 6.92 Å². The number of esters is 1. The molecule has 0 saturated carbocycles. The van der Waals surface area contributed by atoms with Crippen molar-refractivity contribution < 1.29 is 13.9 Å². The lowest BCUT2D eigenvalue weighted by molar-refractivity contribution is 0.0524. The third-order valence-electron chi connectivity index (χ3n) is 2.44. The van der Waals surface area contributed by atoms with Crippen LogP contribution in [0.5, 0.6) is 0 Å². The second kappa shape index (κ2) is 5.43. The van der Waals surface area contributed by atoms with Crippen molar-refractivity contribution in [3.8, 4) is 11.3 Å². The van der Waals surface area contributed by atoms with E-state index in [4.69, 9.17) is 4.74 Å². The minimum Gasteiger partial charge on any atom is -0.462 e. The maximum absolute atomic E-state index is 12.8. The summed E-state index contributed by atoms with van der Waals surface area (Å²) in [6, 6.07) is 6.87. The Morgan fingerprint density at radius 1 is 1.37 bits per heavy atom. The smallest absolute Gasteiger partial charge is 0.343 e. The second-order valence-corrected chi connectivity index (χ2v) is 3.72. The zero-order chi connectivity index (χ0) is 13.8. The van der Waals surface area contributed by atoms with Gasteiger partial charge < -0.3 is 4.74 Å². The summed E-state index contributed by atoms with van der Waals surface area (Å²) in [6.45, 7) is 1.82. The highest BCUT2D eigenvalue weighted by molar-refractivity contribution is 5.90. The lowest BCUT2D eigenvalue weighted by Gasteiger charge is -2.03. The molecule has 0 saturated heterocycles. The summed E-state index contributed by atoms with van der Waals surface area (Å²) >= 11 is 0. The summed E-state index contributed by atoms with van der Waals surface area (Å²) in [4.78, 5) is 23.1. The Balaban J connectivity index is 2.43. The van der Waals surface area contributed by atoms with E-state index < -0.39 is 11.5 Å². The molecule has 0 aliphatic carbocycles. The van der Waals surface area contributed by atoms with Gasteiger partial charge in [0.25, 0.3) is 5.56 Å². The summed E-state index contributed by atoms with van der Waals surface area (Å²) in [5.74, 6) is -1.09. The third kappa shape index (κ3) is 2.85. The monoisotopic (exact) mass is 262 g/mol. The van der Waals surface area contributed by atoms with Crippen LogP contribution >= 0.6 is 0 Å². The molecule has 0 aliphatic rings. The molecule has 1 aromatic carbocycles. The number of H-pyrrole nitrogens is 1. The molecule has 5 nitrogen and oxygen atoms in total. The van der Waals surface area contributed by atoms with Crippen molar-refractivity contribution in [3.63, 3.8) is 0 Å². The number of nitrogens with one attached hydrogen (secondary N) is 1. The molecule has 1 aromatic heterocycles. The molecule has 1 N–H and O–H groups in total. The SMILES string of the molecule is CCOC(=O)c1cc(-c2ccc(F)cc2)n[nH]c1=O. The molecular weight excluding hydrogens is 251 g/mol. The van der Waals surface area contributed by atoms with Crippen LogP contribution in [0.15, 0.2) is 35.1 Å². The summed E-state index contributed by atoms with van der Waals surface area (Å²) < 4.78 is 17.6. The summed E-state index contributed by atoms with van der Waals surface area (Å²) in [6.07, 6.45) is 0. The molecule has 0 aliphatic heterocycles. The number of aromatic amines is 1. The first kappa shape index (κ1) is 12.9. The Morgan fingerprint density at radius 3 is 2.68 bits per heavy atom. The third-order valence-corrected chi connectivity index (χ3v) is 2.44. The average molecular weight is 262 g/mol. The van der Waals surface area contributed by atoms with E-state index in [0.717, 1.165) is 0 Å². The largest absolute Gasteiger partial charge is 0.462 e. The van der Waals surface area contributed by atoms with E-state index in [1.165, 1.54) is 30.3 Å². The molecular formula is C13H11FN2O3. The number of carbonyl (C=O) groups excluding carboxylic acids is 1. The van der Waals surface area contributed by atoms with E-state index in [-0.39, 0.29) is 18.0 Å². The van der Waals surface area contributed by atoms with Gasteiger partial charge in [-0.1, -0.05) is 0 Å². The summed E-state index contributed by atoms with van der Waals surface area (Å²) in [5, 5.41) is 6.03. The van der Waals surface area contributed by atoms with E-state index >= 15 is 0 Å². The first-order valence-corrected chi connectivity index (χ1v) is 5.64. The van der Waals surface area contributed by atoms with Gasteiger partial charge in [-0.05, 0) is 37.3 Å². The van der Waals surface area contributed by atoms with E-state index in [2.05, 4.69) is 10.2 Å². The van der Waals surface area contributed by atoms with Gasteiger partial charge in [0, 0.05) is 5.56 Å². The normalized spacial score (nSPS) is 10.2. The highest BCUT2D eigenvalue weighted by Gasteiger charge is 2.13.